The predicted octanol–water partition coefficient (Wildman–Crippen LogP) is 3.87. The van der Waals surface area contributed by atoms with Gasteiger partial charge in [-0.05, 0) is 42.3 Å². The molecule has 10 heteroatoms. The minimum Gasteiger partial charge on any atom is -0.342 e. The maximum absolute atomic E-state index is 14.3. The van der Waals surface area contributed by atoms with E-state index in [0.29, 0.717) is 5.56 Å². The largest absolute Gasteiger partial charge is 0.342 e. The second-order valence-corrected chi connectivity index (χ2v) is 9.99. The van der Waals surface area contributed by atoms with Crippen LogP contribution in [0.1, 0.15) is 40.7 Å². The molecule has 0 spiro atoms. The molecular weight excluding hydrogens is 535 g/mol. The zero-order chi connectivity index (χ0) is 28.6. The van der Waals surface area contributed by atoms with Crippen LogP contribution in [0.15, 0.2) is 72.8 Å². The Morgan fingerprint density at radius 2 is 1.68 bits per heavy atom. The van der Waals surface area contributed by atoms with E-state index in [9.17, 15) is 23.6 Å². The number of Topliss-reactive ketones (excluding diaryl/α,β-unsaturated/α-hetero) is 1. The lowest BCUT2D eigenvalue weighted by Gasteiger charge is -2.36. The van der Waals surface area contributed by atoms with Gasteiger partial charge in [0.15, 0.2) is 5.78 Å². The van der Waals surface area contributed by atoms with E-state index in [1.165, 1.54) is 17.0 Å². The van der Waals surface area contributed by atoms with Crippen LogP contribution in [0.5, 0.6) is 0 Å². The van der Waals surface area contributed by atoms with Gasteiger partial charge in [0.05, 0.1) is 5.69 Å². The van der Waals surface area contributed by atoms with E-state index >= 15 is 0 Å². The molecule has 0 saturated carbocycles. The van der Waals surface area contributed by atoms with Gasteiger partial charge in [0.2, 0.25) is 17.7 Å². The lowest BCUT2D eigenvalue weighted by Crippen LogP contribution is -2.56. The summed E-state index contributed by atoms with van der Waals surface area (Å²) in [6.07, 6.45) is 0.265. The monoisotopic (exact) mass is 564 g/mol. The van der Waals surface area contributed by atoms with Crippen molar-refractivity contribution in [2.45, 2.75) is 44.3 Å². The first-order valence-corrected chi connectivity index (χ1v) is 13.4. The highest BCUT2D eigenvalue weighted by Gasteiger charge is 2.36. The van der Waals surface area contributed by atoms with Crippen LogP contribution < -0.4 is 16.4 Å². The number of hydrogen-bond acceptors (Lipinski definition) is 5. The van der Waals surface area contributed by atoms with Crippen molar-refractivity contribution >= 4 is 40.8 Å². The average molecular weight is 565 g/mol. The van der Waals surface area contributed by atoms with Crippen molar-refractivity contribution in [1.82, 2.24) is 10.2 Å². The Kier molecular flexibility index (Phi) is 9.63. The molecule has 3 amide bonds. The van der Waals surface area contributed by atoms with E-state index in [0.717, 1.165) is 17.2 Å². The van der Waals surface area contributed by atoms with Crippen molar-refractivity contribution in [3.63, 3.8) is 0 Å². The van der Waals surface area contributed by atoms with Gasteiger partial charge in [-0.25, -0.2) is 4.39 Å². The number of ketones is 1. The first-order valence-electron chi connectivity index (χ1n) is 13.0. The number of nitrogens with two attached hydrogens (primary N) is 1. The molecule has 1 aliphatic heterocycles. The van der Waals surface area contributed by atoms with Crippen molar-refractivity contribution in [3.05, 3.63) is 100 Å². The van der Waals surface area contributed by atoms with Crippen molar-refractivity contribution in [2.24, 2.45) is 5.73 Å². The number of benzene rings is 3. The Morgan fingerprint density at radius 1 is 0.975 bits per heavy atom. The second-order valence-electron chi connectivity index (χ2n) is 9.55. The summed E-state index contributed by atoms with van der Waals surface area (Å²) in [6, 6.07) is 18.1. The number of halogens is 2. The maximum Gasteiger partial charge on any atom is 0.247 e. The van der Waals surface area contributed by atoms with Gasteiger partial charge in [-0.15, -0.1) is 0 Å². The summed E-state index contributed by atoms with van der Waals surface area (Å²) >= 11 is 5.79. The van der Waals surface area contributed by atoms with Gasteiger partial charge in [0, 0.05) is 36.4 Å². The molecular formula is C30H30ClFN4O4. The van der Waals surface area contributed by atoms with Crippen LogP contribution in [0.3, 0.4) is 0 Å². The molecule has 0 unspecified atom stereocenters. The van der Waals surface area contributed by atoms with Crippen LogP contribution in [-0.2, 0) is 27.3 Å². The third-order valence-corrected chi connectivity index (χ3v) is 7.05. The summed E-state index contributed by atoms with van der Waals surface area (Å²) < 4.78 is 14.3. The zero-order valence-corrected chi connectivity index (χ0v) is 22.5. The fourth-order valence-electron chi connectivity index (χ4n) is 4.67. The second kappa shape index (κ2) is 13.3. The molecule has 0 saturated heterocycles. The van der Waals surface area contributed by atoms with E-state index in [1.54, 1.807) is 30.3 Å². The molecule has 0 bridgehead atoms. The average Bonchev–Trinajstić information content (AvgIpc) is 2.96. The van der Waals surface area contributed by atoms with Crippen LogP contribution in [0.2, 0.25) is 5.02 Å². The minimum absolute atomic E-state index is 0.000192. The molecule has 0 radical (unpaired) electrons. The van der Waals surface area contributed by atoms with E-state index in [1.807, 2.05) is 24.3 Å². The topological polar surface area (TPSA) is 122 Å². The summed E-state index contributed by atoms with van der Waals surface area (Å²) in [7, 11) is 0. The van der Waals surface area contributed by atoms with Crippen molar-refractivity contribution in [2.75, 3.05) is 11.9 Å². The fourth-order valence-corrected chi connectivity index (χ4v) is 4.82. The molecule has 3 aromatic rings. The Hall–Kier alpha value is -4.08. The molecule has 8 nitrogen and oxygen atoms in total. The van der Waals surface area contributed by atoms with Crippen LogP contribution in [0.25, 0.3) is 0 Å². The Morgan fingerprint density at radius 3 is 2.38 bits per heavy atom. The predicted molar refractivity (Wildman–Crippen MR) is 150 cm³/mol. The lowest BCUT2D eigenvalue weighted by atomic mass is 9.92. The highest BCUT2D eigenvalue weighted by atomic mass is 35.5. The SMILES string of the molecule is NCC[C@H](NC(=O)[C@@H]1Cc2ccccc2CN1C(=O)CCC(=O)c1ccccc1)C(=O)Nc1ccc(Cl)cc1F. The number of hydrogen-bond donors (Lipinski definition) is 3. The van der Waals surface area contributed by atoms with Crippen molar-refractivity contribution < 1.29 is 23.6 Å². The van der Waals surface area contributed by atoms with E-state index in [2.05, 4.69) is 10.6 Å². The fraction of sp³-hybridized carbons (Fsp3) is 0.267. The molecule has 208 valence electrons. The standard InChI is InChI=1S/C30H30ClFN4O4/c31-22-10-11-24(23(32)17-22)34-29(39)25(14-15-33)35-30(40)26-16-20-8-4-5-9-21(20)18-36(26)28(38)13-12-27(37)19-6-2-1-3-7-19/h1-11,17,25-26H,12-16,18,33H2,(H,34,39)(H,35,40)/t25-,26-/m0/s1. The number of nitrogens with zero attached hydrogens (tertiary/aromatic N) is 1. The highest BCUT2D eigenvalue weighted by molar-refractivity contribution is 6.30. The van der Waals surface area contributed by atoms with Crippen molar-refractivity contribution in [3.8, 4) is 0 Å². The summed E-state index contributed by atoms with van der Waals surface area (Å²) in [5.41, 5.74) is 7.95. The van der Waals surface area contributed by atoms with E-state index < -0.39 is 29.7 Å². The van der Waals surface area contributed by atoms with E-state index in [-0.39, 0.29) is 61.2 Å². The number of anilines is 1. The zero-order valence-electron chi connectivity index (χ0n) is 21.7. The number of fused-ring (bicyclic) bond motifs is 1. The Labute approximate surface area is 236 Å². The van der Waals surface area contributed by atoms with Crippen LogP contribution in [0, 0.1) is 5.82 Å². The first-order chi connectivity index (χ1) is 19.3. The molecule has 3 aromatic carbocycles. The Bertz CT molecular complexity index is 1400. The molecule has 1 heterocycles. The summed E-state index contributed by atoms with van der Waals surface area (Å²) in [6.45, 7) is 0.273. The normalized spacial score (nSPS) is 15.1. The maximum atomic E-state index is 14.3. The third kappa shape index (κ3) is 7.11. The number of amides is 3. The molecule has 4 rings (SSSR count). The number of rotatable bonds is 10. The van der Waals surface area contributed by atoms with Gasteiger partial charge in [-0.3, -0.25) is 19.2 Å². The van der Waals surface area contributed by atoms with Crippen molar-refractivity contribution in [1.29, 1.82) is 0 Å². The third-order valence-electron chi connectivity index (χ3n) is 6.81. The molecule has 0 fully saturated rings. The van der Waals surface area contributed by atoms with Crippen LogP contribution >= 0.6 is 11.6 Å². The van der Waals surface area contributed by atoms with Crippen LogP contribution in [0.4, 0.5) is 10.1 Å². The Balaban J connectivity index is 1.49. The summed E-state index contributed by atoms with van der Waals surface area (Å²) in [5.74, 6) is -2.42. The molecule has 2 atom stereocenters. The summed E-state index contributed by atoms with van der Waals surface area (Å²) in [4.78, 5) is 53.9. The summed E-state index contributed by atoms with van der Waals surface area (Å²) in [5, 5.41) is 5.35. The minimum atomic E-state index is -1.07. The molecule has 4 N–H and O–H groups in total. The highest BCUT2D eigenvalue weighted by Crippen LogP contribution is 2.25. The van der Waals surface area contributed by atoms with E-state index in [4.69, 9.17) is 17.3 Å². The number of nitrogens with one attached hydrogen (secondary N) is 2. The molecule has 1 aliphatic rings. The molecule has 0 aromatic heterocycles. The first kappa shape index (κ1) is 28.9. The lowest BCUT2D eigenvalue weighted by molar-refractivity contribution is -0.142. The number of carbonyl (C=O) groups excluding carboxylic acids is 4. The van der Waals surface area contributed by atoms with Gasteiger partial charge >= 0.3 is 0 Å². The molecule has 0 aliphatic carbocycles. The number of carbonyl (C=O) groups is 4. The van der Waals surface area contributed by atoms with Gasteiger partial charge in [0.1, 0.15) is 17.9 Å². The van der Waals surface area contributed by atoms with Crippen LogP contribution in [-0.4, -0.2) is 47.0 Å². The van der Waals surface area contributed by atoms with Gasteiger partial charge in [-0.2, -0.15) is 0 Å². The van der Waals surface area contributed by atoms with Gasteiger partial charge < -0.3 is 21.3 Å². The molecule has 40 heavy (non-hydrogen) atoms. The smallest absolute Gasteiger partial charge is 0.247 e. The quantitative estimate of drug-likeness (QED) is 0.323. The van der Waals surface area contributed by atoms with Gasteiger partial charge in [-0.1, -0.05) is 66.2 Å². The van der Waals surface area contributed by atoms with Gasteiger partial charge in [0.25, 0.3) is 0 Å².